The number of alkyl halides is 2. The van der Waals surface area contributed by atoms with Gasteiger partial charge in [0.1, 0.15) is 5.60 Å². The van der Waals surface area contributed by atoms with Gasteiger partial charge in [-0.05, 0) is 38.5 Å². The second-order valence-corrected chi connectivity index (χ2v) is 7.37. The maximum Gasteiger partial charge on any atom is 0.407 e. The zero-order chi connectivity index (χ0) is 17.7. The molecule has 4 nitrogen and oxygen atoms in total. The Morgan fingerprint density at radius 1 is 1.30 bits per heavy atom. The van der Waals surface area contributed by atoms with E-state index in [4.69, 9.17) is 16.3 Å². The number of hydrogen-bond donors (Lipinski definition) is 2. The Hall–Kier alpha value is -0.920. The van der Waals surface area contributed by atoms with Gasteiger partial charge in [-0.3, -0.25) is 0 Å². The fourth-order valence-electron chi connectivity index (χ4n) is 1.62. The fourth-order valence-corrected chi connectivity index (χ4v) is 2.36. The first kappa shape index (κ1) is 20.1. The number of benzene rings is 1. The molecule has 0 unspecified atom stereocenters. The van der Waals surface area contributed by atoms with Crippen molar-refractivity contribution in [2.75, 3.05) is 13.1 Å². The van der Waals surface area contributed by atoms with Gasteiger partial charge in [-0.25, -0.2) is 13.6 Å². The number of halogens is 4. The van der Waals surface area contributed by atoms with Crippen LogP contribution < -0.4 is 10.6 Å². The van der Waals surface area contributed by atoms with Gasteiger partial charge in [-0.1, -0.05) is 33.6 Å². The first-order chi connectivity index (χ1) is 10.5. The number of rotatable bonds is 6. The quantitative estimate of drug-likeness (QED) is 0.729. The average Bonchev–Trinajstić information content (AvgIpc) is 2.37. The molecular weight excluding hydrogens is 394 g/mol. The van der Waals surface area contributed by atoms with E-state index in [-0.39, 0.29) is 6.54 Å². The van der Waals surface area contributed by atoms with Crippen molar-refractivity contribution in [3.63, 3.8) is 0 Å². The molecule has 0 aliphatic rings. The van der Waals surface area contributed by atoms with E-state index in [1.807, 2.05) is 0 Å². The van der Waals surface area contributed by atoms with Crippen LogP contribution in [-0.2, 0) is 11.3 Å². The van der Waals surface area contributed by atoms with Gasteiger partial charge in [-0.15, -0.1) is 0 Å². The van der Waals surface area contributed by atoms with E-state index in [1.54, 1.807) is 39.0 Å². The summed E-state index contributed by atoms with van der Waals surface area (Å²) in [6.45, 7) is 3.79. The summed E-state index contributed by atoms with van der Waals surface area (Å²) in [6, 6.07) is 5.22. The topological polar surface area (TPSA) is 50.4 Å². The van der Waals surface area contributed by atoms with Crippen LogP contribution in [0.25, 0.3) is 0 Å². The van der Waals surface area contributed by atoms with E-state index in [1.165, 1.54) is 0 Å². The molecule has 0 saturated carbocycles. The number of alkyl carbamates (subject to hydrolysis) is 1. The average molecular weight is 414 g/mol. The number of ether oxygens (including phenoxy) is 1. The van der Waals surface area contributed by atoms with Gasteiger partial charge in [0.25, 0.3) is 5.92 Å². The predicted octanol–water partition coefficient (Wildman–Crippen LogP) is 4.35. The Balaban J connectivity index is 2.39. The SMILES string of the molecule is CC(C)(C)OC(=O)NCC(F)(F)CNCc1ccc(Br)cc1Cl. The predicted molar refractivity (Wildman–Crippen MR) is 90.0 cm³/mol. The van der Waals surface area contributed by atoms with E-state index < -0.39 is 30.7 Å². The summed E-state index contributed by atoms with van der Waals surface area (Å²) in [5, 5.41) is 5.18. The zero-order valence-corrected chi connectivity index (χ0v) is 15.5. The molecule has 0 saturated heterocycles. The molecule has 0 heterocycles. The van der Waals surface area contributed by atoms with E-state index in [0.717, 1.165) is 4.47 Å². The molecule has 1 aromatic carbocycles. The molecule has 0 aliphatic carbocycles. The molecule has 130 valence electrons. The van der Waals surface area contributed by atoms with Crippen LogP contribution in [0.2, 0.25) is 5.02 Å². The summed E-state index contributed by atoms with van der Waals surface area (Å²) in [5.74, 6) is -3.10. The number of nitrogens with one attached hydrogen (secondary N) is 2. The molecule has 0 aliphatic heterocycles. The first-order valence-electron chi connectivity index (χ1n) is 6.98. The Bertz CT molecular complexity index is 551. The third kappa shape index (κ3) is 8.48. The second-order valence-electron chi connectivity index (χ2n) is 6.05. The molecule has 0 spiro atoms. The maximum absolute atomic E-state index is 13.7. The van der Waals surface area contributed by atoms with Gasteiger partial charge >= 0.3 is 6.09 Å². The fraction of sp³-hybridized carbons (Fsp3) is 0.533. The molecule has 0 fully saturated rings. The van der Waals surface area contributed by atoms with Gasteiger partial charge in [0.05, 0.1) is 13.1 Å². The van der Waals surface area contributed by atoms with Gasteiger partial charge in [0, 0.05) is 16.0 Å². The zero-order valence-electron chi connectivity index (χ0n) is 13.2. The Kier molecular flexibility index (Phi) is 7.23. The lowest BCUT2D eigenvalue weighted by molar-refractivity contribution is -0.00376. The monoisotopic (exact) mass is 412 g/mol. The second kappa shape index (κ2) is 8.26. The Morgan fingerprint density at radius 2 is 1.96 bits per heavy atom. The van der Waals surface area contributed by atoms with Crippen LogP contribution in [0.3, 0.4) is 0 Å². The summed E-state index contributed by atoms with van der Waals surface area (Å²) in [5.41, 5.74) is -0.0126. The van der Waals surface area contributed by atoms with Gasteiger partial charge < -0.3 is 15.4 Å². The van der Waals surface area contributed by atoms with Crippen molar-refractivity contribution < 1.29 is 18.3 Å². The van der Waals surface area contributed by atoms with Crippen LogP contribution in [0.5, 0.6) is 0 Å². The molecule has 1 rings (SSSR count). The minimum atomic E-state index is -3.10. The molecule has 0 aromatic heterocycles. The molecule has 1 aromatic rings. The molecule has 1 amide bonds. The van der Waals surface area contributed by atoms with Crippen LogP contribution >= 0.6 is 27.5 Å². The van der Waals surface area contributed by atoms with Crippen molar-refractivity contribution in [3.8, 4) is 0 Å². The van der Waals surface area contributed by atoms with Gasteiger partial charge in [0.15, 0.2) is 0 Å². The number of carbonyl (C=O) groups excluding carboxylic acids is 1. The molecule has 2 N–H and O–H groups in total. The summed E-state index contributed by atoms with van der Waals surface area (Å²) in [6.07, 6.45) is -0.867. The van der Waals surface area contributed by atoms with Crippen molar-refractivity contribution >= 4 is 33.6 Å². The largest absolute Gasteiger partial charge is 0.444 e. The van der Waals surface area contributed by atoms with Crippen LogP contribution in [0, 0.1) is 0 Å². The van der Waals surface area contributed by atoms with Crippen molar-refractivity contribution in [3.05, 3.63) is 33.3 Å². The highest BCUT2D eigenvalue weighted by atomic mass is 79.9. The minimum Gasteiger partial charge on any atom is -0.444 e. The summed E-state index contributed by atoms with van der Waals surface area (Å²) >= 11 is 9.29. The van der Waals surface area contributed by atoms with Crippen molar-refractivity contribution in [1.29, 1.82) is 0 Å². The molecule has 0 atom stereocenters. The smallest absolute Gasteiger partial charge is 0.407 e. The summed E-state index contributed by atoms with van der Waals surface area (Å²) < 4.78 is 33.1. The highest BCUT2D eigenvalue weighted by Gasteiger charge is 2.30. The lowest BCUT2D eigenvalue weighted by Gasteiger charge is -2.22. The highest BCUT2D eigenvalue weighted by molar-refractivity contribution is 9.10. The summed E-state index contributed by atoms with van der Waals surface area (Å²) in [4.78, 5) is 11.4. The number of carbonyl (C=O) groups is 1. The third-order valence-electron chi connectivity index (χ3n) is 2.60. The normalized spacial score (nSPS) is 12.1. The minimum absolute atomic E-state index is 0.203. The van der Waals surface area contributed by atoms with E-state index in [2.05, 4.69) is 26.6 Å². The van der Waals surface area contributed by atoms with Crippen LogP contribution in [0.1, 0.15) is 26.3 Å². The number of amides is 1. The number of hydrogen-bond acceptors (Lipinski definition) is 3. The maximum atomic E-state index is 13.7. The van der Waals surface area contributed by atoms with Gasteiger partial charge in [-0.2, -0.15) is 0 Å². The Morgan fingerprint density at radius 3 is 2.52 bits per heavy atom. The molecule has 8 heteroatoms. The van der Waals surface area contributed by atoms with Crippen molar-refractivity contribution in [2.24, 2.45) is 0 Å². The summed E-state index contributed by atoms with van der Waals surface area (Å²) in [7, 11) is 0. The first-order valence-corrected chi connectivity index (χ1v) is 8.15. The molecular formula is C15H20BrClF2N2O2. The van der Waals surface area contributed by atoms with Gasteiger partial charge in [0.2, 0.25) is 0 Å². The van der Waals surface area contributed by atoms with E-state index >= 15 is 0 Å². The van der Waals surface area contributed by atoms with E-state index in [9.17, 15) is 13.6 Å². The standard InChI is InChI=1S/C15H20BrClF2N2O2/c1-14(2,3)23-13(22)21-9-15(18,19)8-20-7-10-4-5-11(16)6-12(10)17/h4-6,20H,7-9H2,1-3H3,(H,21,22). The van der Waals surface area contributed by atoms with Crippen LogP contribution in [0.4, 0.5) is 13.6 Å². The van der Waals surface area contributed by atoms with Crippen LogP contribution in [-0.4, -0.2) is 30.7 Å². The molecule has 0 radical (unpaired) electrons. The van der Waals surface area contributed by atoms with Crippen LogP contribution in [0.15, 0.2) is 22.7 Å². The molecule has 23 heavy (non-hydrogen) atoms. The third-order valence-corrected chi connectivity index (χ3v) is 3.45. The lowest BCUT2D eigenvalue weighted by Crippen LogP contribution is -2.44. The lowest BCUT2D eigenvalue weighted by atomic mass is 10.2. The highest BCUT2D eigenvalue weighted by Crippen LogP contribution is 2.21. The molecule has 0 bridgehead atoms. The van der Waals surface area contributed by atoms with Crippen molar-refractivity contribution in [1.82, 2.24) is 10.6 Å². The van der Waals surface area contributed by atoms with Crippen molar-refractivity contribution in [2.45, 2.75) is 38.8 Å². The Labute approximate surface area is 148 Å². The van der Waals surface area contributed by atoms with E-state index in [0.29, 0.717) is 10.6 Å².